The summed E-state index contributed by atoms with van der Waals surface area (Å²) in [6.45, 7) is 0.383. The zero-order chi connectivity index (χ0) is 16.6. The van der Waals surface area contributed by atoms with Crippen LogP contribution in [0.2, 0.25) is 10.0 Å². The smallest absolute Gasteiger partial charge is 0.313 e. The van der Waals surface area contributed by atoms with E-state index >= 15 is 0 Å². The first-order valence-corrected chi connectivity index (χ1v) is 7.56. The Bertz CT molecular complexity index is 811. The fourth-order valence-electron chi connectivity index (χ4n) is 2.49. The third-order valence-corrected chi connectivity index (χ3v) is 4.22. The van der Waals surface area contributed by atoms with Crippen LogP contribution in [0.4, 0.5) is 4.79 Å². The second-order valence-corrected chi connectivity index (χ2v) is 5.79. The SMILES string of the molecule is O=C[C@@H]1CCCN1C(=O)n1nnn(-c2c(Cl)cccc2Cl)c1=O. The van der Waals surface area contributed by atoms with Gasteiger partial charge in [-0.3, -0.25) is 0 Å². The largest absolute Gasteiger partial charge is 0.377 e. The van der Waals surface area contributed by atoms with E-state index in [0.29, 0.717) is 30.4 Å². The summed E-state index contributed by atoms with van der Waals surface area (Å²) in [4.78, 5) is 37.1. The van der Waals surface area contributed by atoms with Crippen LogP contribution in [-0.2, 0) is 4.79 Å². The Morgan fingerprint density at radius 3 is 2.61 bits per heavy atom. The van der Waals surface area contributed by atoms with Gasteiger partial charge in [-0.25, -0.2) is 9.59 Å². The molecule has 0 spiro atoms. The average Bonchev–Trinajstić information content (AvgIpc) is 3.14. The fraction of sp³-hybridized carbons (Fsp3) is 0.308. The summed E-state index contributed by atoms with van der Waals surface area (Å²) in [5.74, 6) is 0. The van der Waals surface area contributed by atoms with E-state index in [0.717, 1.165) is 4.68 Å². The molecular weight excluding hydrogens is 345 g/mol. The lowest BCUT2D eigenvalue weighted by Gasteiger charge is -2.18. The molecule has 3 rings (SSSR count). The van der Waals surface area contributed by atoms with E-state index in [1.54, 1.807) is 18.2 Å². The van der Waals surface area contributed by atoms with Gasteiger partial charge in [-0.1, -0.05) is 29.3 Å². The molecule has 1 fully saturated rings. The number of tetrazole rings is 1. The van der Waals surface area contributed by atoms with Gasteiger partial charge in [-0.05, 0) is 35.4 Å². The lowest BCUT2D eigenvalue weighted by Crippen LogP contribution is -2.43. The van der Waals surface area contributed by atoms with Crippen LogP contribution in [0.1, 0.15) is 12.8 Å². The highest BCUT2D eigenvalue weighted by Crippen LogP contribution is 2.26. The number of carbonyl (C=O) groups excluding carboxylic acids is 2. The number of hydrogen-bond acceptors (Lipinski definition) is 5. The normalized spacial score (nSPS) is 17.5. The van der Waals surface area contributed by atoms with Gasteiger partial charge in [-0.2, -0.15) is 4.68 Å². The van der Waals surface area contributed by atoms with Gasteiger partial charge in [0.1, 0.15) is 12.0 Å². The summed E-state index contributed by atoms with van der Waals surface area (Å²) in [6.07, 6.45) is 1.94. The van der Waals surface area contributed by atoms with E-state index in [1.807, 2.05) is 0 Å². The fourth-order valence-corrected chi connectivity index (χ4v) is 3.05. The maximum absolute atomic E-state index is 12.4. The van der Waals surface area contributed by atoms with E-state index in [1.165, 1.54) is 4.90 Å². The van der Waals surface area contributed by atoms with Crippen molar-refractivity contribution in [2.24, 2.45) is 0 Å². The number of likely N-dealkylation sites (tertiary alicyclic amines) is 1. The lowest BCUT2D eigenvalue weighted by molar-refractivity contribution is -0.110. The van der Waals surface area contributed by atoms with E-state index in [4.69, 9.17) is 23.2 Å². The van der Waals surface area contributed by atoms with Crippen LogP contribution in [-0.4, -0.2) is 49.6 Å². The van der Waals surface area contributed by atoms with Gasteiger partial charge in [0.2, 0.25) is 0 Å². The number of aromatic nitrogens is 4. The molecule has 1 aliphatic rings. The van der Waals surface area contributed by atoms with Gasteiger partial charge in [-0.15, -0.1) is 4.68 Å². The first-order valence-electron chi connectivity index (χ1n) is 6.80. The summed E-state index contributed by atoms with van der Waals surface area (Å²) < 4.78 is 1.45. The maximum Gasteiger partial charge on any atom is 0.377 e. The summed E-state index contributed by atoms with van der Waals surface area (Å²) >= 11 is 12.1. The summed E-state index contributed by atoms with van der Waals surface area (Å²) in [5.41, 5.74) is -0.658. The third kappa shape index (κ3) is 2.64. The molecule has 1 atom stereocenters. The third-order valence-electron chi connectivity index (χ3n) is 3.61. The van der Waals surface area contributed by atoms with Crippen molar-refractivity contribution in [2.75, 3.05) is 6.54 Å². The maximum atomic E-state index is 12.4. The highest BCUT2D eigenvalue weighted by molar-refractivity contribution is 6.37. The number of hydrogen-bond donors (Lipinski definition) is 0. The molecule has 120 valence electrons. The van der Waals surface area contributed by atoms with Gasteiger partial charge >= 0.3 is 11.7 Å². The molecule has 1 saturated heterocycles. The van der Waals surface area contributed by atoms with Crippen LogP contribution in [0, 0.1) is 0 Å². The topological polar surface area (TPSA) is 90.1 Å². The van der Waals surface area contributed by atoms with Crippen molar-refractivity contribution in [2.45, 2.75) is 18.9 Å². The van der Waals surface area contributed by atoms with Crippen molar-refractivity contribution >= 4 is 35.5 Å². The molecule has 0 aliphatic carbocycles. The Morgan fingerprint density at radius 1 is 1.26 bits per heavy atom. The number of halogens is 2. The highest BCUT2D eigenvalue weighted by atomic mass is 35.5. The van der Waals surface area contributed by atoms with Crippen molar-refractivity contribution in [1.82, 2.24) is 24.7 Å². The van der Waals surface area contributed by atoms with Gasteiger partial charge < -0.3 is 9.69 Å². The first-order chi connectivity index (χ1) is 11.0. The van der Waals surface area contributed by atoms with E-state index in [-0.39, 0.29) is 15.7 Å². The van der Waals surface area contributed by atoms with Crippen molar-refractivity contribution in [1.29, 1.82) is 0 Å². The minimum absolute atomic E-state index is 0.147. The Kier molecular flexibility index (Phi) is 4.18. The van der Waals surface area contributed by atoms with Crippen LogP contribution in [0.3, 0.4) is 0 Å². The lowest BCUT2D eigenvalue weighted by atomic mass is 10.2. The Hall–Kier alpha value is -2.19. The van der Waals surface area contributed by atoms with E-state index in [9.17, 15) is 14.4 Å². The van der Waals surface area contributed by atoms with Crippen molar-refractivity contribution < 1.29 is 9.59 Å². The number of amides is 1. The number of benzene rings is 1. The van der Waals surface area contributed by atoms with Crippen molar-refractivity contribution in [3.8, 4) is 5.69 Å². The average molecular weight is 356 g/mol. The molecule has 1 aromatic heterocycles. The molecule has 1 amide bonds. The number of carbonyl (C=O) groups is 2. The molecule has 8 nitrogen and oxygen atoms in total. The molecule has 0 bridgehead atoms. The van der Waals surface area contributed by atoms with Crippen LogP contribution >= 0.6 is 23.2 Å². The minimum atomic E-state index is -0.804. The van der Waals surface area contributed by atoms with E-state index in [2.05, 4.69) is 10.4 Å². The molecule has 1 aliphatic heterocycles. The first kappa shape index (κ1) is 15.7. The van der Waals surface area contributed by atoms with Crippen LogP contribution in [0.15, 0.2) is 23.0 Å². The summed E-state index contributed by atoms with van der Waals surface area (Å²) in [6, 6.07) is 3.45. The molecule has 2 heterocycles. The van der Waals surface area contributed by atoms with Gasteiger partial charge in [0.25, 0.3) is 0 Å². The zero-order valence-electron chi connectivity index (χ0n) is 11.7. The summed E-state index contributed by atoms with van der Waals surface area (Å²) in [7, 11) is 0. The number of aldehydes is 1. The number of nitrogens with zero attached hydrogens (tertiary/aromatic N) is 5. The summed E-state index contributed by atoms with van der Waals surface area (Å²) in [5, 5.41) is 7.64. The second kappa shape index (κ2) is 6.13. The molecular formula is C13H11Cl2N5O3. The quantitative estimate of drug-likeness (QED) is 0.599. The monoisotopic (exact) mass is 355 g/mol. The van der Waals surface area contributed by atoms with E-state index < -0.39 is 17.8 Å². The molecule has 0 radical (unpaired) electrons. The highest BCUT2D eigenvalue weighted by Gasteiger charge is 2.31. The van der Waals surface area contributed by atoms with Crippen molar-refractivity contribution in [3.05, 3.63) is 38.7 Å². The van der Waals surface area contributed by atoms with Crippen LogP contribution in [0.25, 0.3) is 5.69 Å². The van der Waals surface area contributed by atoms with Crippen LogP contribution < -0.4 is 5.69 Å². The zero-order valence-corrected chi connectivity index (χ0v) is 13.2. The van der Waals surface area contributed by atoms with Gasteiger partial charge in [0.05, 0.1) is 16.1 Å². The molecule has 10 heteroatoms. The van der Waals surface area contributed by atoms with Gasteiger partial charge in [0.15, 0.2) is 0 Å². The Labute approximate surface area is 140 Å². The standard InChI is InChI=1S/C13H11Cl2N5O3/c14-9-4-1-5-10(15)11(9)19-13(23)20(17-16-19)12(22)18-6-2-3-8(18)7-21/h1,4-5,7-8H,2-3,6H2/t8-/m0/s1. The van der Waals surface area contributed by atoms with Gasteiger partial charge in [0, 0.05) is 6.54 Å². The second-order valence-electron chi connectivity index (χ2n) is 4.98. The predicted molar refractivity (Wildman–Crippen MR) is 82.2 cm³/mol. The molecule has 23 heavy (non-hydrogen) atoms. The molecule has 0 N–H and O–H groups in total. The number of para-hydroxylation sites is 1. The molecule has 0 unspecified atom stereocenters. The molecule has 1 aromatic carbocycles. The Balaban J connectivity index is 2.02. The number of rotatable bonds is 2. The Morgan fingerprint density at radius 2 is 1.96 bits per heavy atom. The predicted octanol–water partition coefficient (Wildman–Crippen LogP) is 1.37. The van der Waals surface area contributed by atoms with Crippen LogP contribution in [0.5, 0.6) is 0 Å². The molecule has 2 aromatic rings. The molecule has 0 saturated carbocycles. The van der Waals surface area contributed by atoms with Crippen molar-refractivity contribution in [3.63, 3.8) is 0 Å². The minimum Gasteiger partial charge on any atom is -0.313 e.